The van der Waals surface area contributed by atoms with Crippen LogP contribution in [0.3, 0.4) is 0 Å². The highest BCUT2D eigenvalue weighted by atomic mass is 35.5. The predicted octanol–water partition coefficient (Wildman–Crippen LogP) is 2.09. The summed E-state index contributed by atoms with van der Waals surface area (Å²) in [5.41, 5.74) is 0.777. The lowest BCUT2D eigenvalue weighted by molar-refractivity contribution is -0.306. The highest BCUT2D eigenvalue weighted by Gasteiger charge is 2.16. The van der Waals surface area contributed by atoms with E-state index >= 15 is 0 Å². The summed E-state index contributed by atoms with van der Waals surface area (Å²) >= 11 is 5.88. The number of halogens is 2. The third-order valence-electron chi connectivity index (χ3n) is 3.03. The van der Waals surface area contributed by atoms with Gasteiger partial charge in [-0.1, -0.05) is 23.7 Å². The van der Waals surface area contributed by atoms with Gasteiger partial charge in [0.15, 0.2) is 0 Å². The zero-order valence-corrected chi connectivity index (χ0v) is 12.1. The first-order valence-electron chi connectivity index (χ1n) is 6.47. The molecule has 1 N–H and O–H groups in total. The van der Waals surface area contributed by atoms with Crippen molar-refractivity contribution < 1.29 is 19.1 Å². The van der Waals surface area contributed by atoms with Gasteiger partial charge in [0.05, 0.1) is 6.04 Å². The molecule has 0 saturated carbocycles. The number of nitrogens with one attached hydrogen (secondary N) is 1. The zero-order valence-electron chi connectivity index (χ0n) is 11.4. The predicted molar refractivity (Wildman–Crippen MR) is 77.7 cm³/mol. The van der Waals surface area contributed by atoms with Crippen LogP contribution in [0.2, 0.25) is 5.02 Å². The van der Waals surface area contributed by atoms with Gasteiger partial charge < -0.3 is 15.2 Å². The Morgan fingerprint density at radius 1 is 1.18 bits per heavy atom. The average molecular weight is 321 g/mol. The maximum Gasteiger partial charge on any atom is 0.251 e. The molecular formula is C16H12ClFNO3-. The van der Waals surface area contributed by atoms with Crippen LogP contribution < -0.4 is 10.4 Å². The molecule has 22 heavy (non-hydrogen) atoms. The van der Waals surface area contributed by atoms with E-state index in [9.17, 15) is 19.1 Å². The lowest BCUT2D eigenvalue weighted by Gasteiger charge is -2.20. The molecule has 1 atom stereocenters. The first-order chi connectivity index (χ1) is 10.5. The molecule has 0 radical (unpaired) electrons. The number of carbonyl (C=O) groups is 2. The van der Waals surface area contributed by atoms with Gasteiger partial charge in [0.1, 0.15) is 5.82 Å². The Morgan fingerprint density at radius 3 is 2.45 bits per heavy atom. The topological polar surface area (TPSA) is 69.2 Å². The van der Waals surface area contributed by atoms with Gasteiger partial charge in [0, 0.05) is 23.0 Å². The number of hydrogen-bond acceptors (Lipinski definition) is 3. The van der Waals surface area contributed by atoms with Gasteiger partial charge in [-0.05, 0) is 42.0 Å². The van der Waals surface area contributed by atoms with Crippen LogP contribution in [0.25, 0.3) is 0 Å². The van der Waals surface area contributed by atoms with Crippen molar-refractivity contribution >= 4 is 23.5 Å². The Hall–Kier alpha value is -2.40. The molecule has 0 saturated heterocycles. The highest BCUT2D eigenvalue weighted by Crippen LogP contribution is 2.21. The van der Waals surface area contributed by atoms with E-state index in [1.54, 1.807) is 24.3 Å². The maximum atomic E-state index is 12.9. The van der Waals surface area contributed by atoms with Crippen molar-refractivity contribution in [2.24, 2.45) is 0 Å². The minimum atomic E-state index is -1.30. The van der Waals surface area contributed by atoms with Crippen LogP contribution >= 0.6 is 11.6 Å². The molecule has 0 fully saturated rings. The van der Waals surface area contributed by atoms with Crippen molar-refractivity contribution in [2.75, 3.05) is 0 Å². The SMILES string of the molecule is O=C([O-])C[C@@H](NC(=O)c1ccc(F)cc1)c1cccc(Cl)c1. The van der Waals surface area contributed by atoms with Crippen LogP contribution in [0.15, 0.2) is 48.5 Å². The van der Waals surface area contributed by atoms with Gasteiger partial charge in [0.2, 0.25) is 0 Å². The molecule has 2 aromatic carbocycles. The van der Waals surface area contributed by atoms with Crippen LogP contribution in [0.4, 0.5) is 4.39 Å². The Bertz CT molecular complexity index is 688. The number of benzene rings is 2. The zero-order chi connectivity index (χ0) is 16.1. The molecule has 2 aromatic rings. The Balaban J connectivity index is 2.21. The Kier molecular flexibility index (Phi) is 5.12. The Labute approximate surface area is 131 Å². The molecule has 0 aliphatic carbocycles. The van der Waals surface area contributed by atoms with E-state index in [0.29, 0.717) is 10.6 Å². The number of amides is 1. The van der Waals surface area contributed by atoms with E-state index < -0.39 is 30.2 Å². The van der Waals surface area contributed by atoms with Crippen LogP contribution in [0, 0.1) is 5.82 Å². The molecule has 0 bridgehead atoms. The summed E-state index contributed by atoms with van der Waals surface area (Å²) < 4.78 is 12.9. The minimum Gasteiger partial charge on any atom is -0.550 e. The molecular weight excluding hydrogens is 309 g/mol. The van der Waals surface area contributed by atoms with Gasteiger partial charge >= 0.3 is 0 Å². The van der Waals surface area contributed by atoms with Gasteiger partial charge in [-0.2, -0.15) is 0 Å². The number of carbonyl (C=O) groups excluding carboxylic acids is 2. The number of carboxylic acid groups (broad SMARTS) is 1. The molecule has 6 heteroatoms. The summed E-state index contributed by atoms with van der Waals surface area (Å²) in [7, 11) is 0. The second-order valence-electron chi connectivity index (χ2n) is 4.66. The second kappa shape index (κ2) is 7.04. The van der Waals surface area contributed by atoms with Gasteiger partial charge in [0.25, 0.3) is 5.91 Å². The number of rotatable bonds is 5. The number of carboxylic acids is 1. The highest BCUT2D eigenvalue weighted by molar-refractivity contribution is 6.30. The van der Waals surface area contributed by atoms with Crippen LogP contribution in [-0.4, -0.2) is 11.9 Å². The van der Waals surface area contributed by atoms with Crippen molar-refractivity contribution in [1.82, 2.24) is 5.32 Å². The number of hydrogen-bond donors (Lipinski definition) is 1. The molecule has 2 rings (SSSR count). The van der Waals surface area contributed by atoms with Crippen LogP contribution in [0.5, 0.6) is 0 Å². The fourth-order valence-corrected chi connectivity index (χ4v) is 2.18. The minimum absolute atomic E-state index is 0.228. The normalized spacial score (nSPS) is 11.7. The van der Waals surface area contributed by atoms with E-state index in [4.69, 9.17) is 11.6 Å². The molecule has 0 aliphatic rings. The number of aliphatic carboxylic acids is 1. The monoisotopic (exact) mass is 320 g/mol. The first-order valence-corrected chi connectivity index (χ1v) is 6.85. The summed E-state index contributed by atoms with van der Waals surface area (Å²) in [4.78, 5) is 23.0. The third-order valence-corrected chi connectivity index (χ3v) is 3.27. The molecule has 1 amide bonds. The van der Waals surface area contributed by atoms with E-state index in [1.165, 1.54) is 12.1 Å². The van der Waals surface area contributed by atoms with Crippen LogP contribution in [0.1, 0.15) is 28.4 Å². The maximum absolute atomic E-state index is 12.9. The van der Waals surface area contributed by atoms with Gasteiger partial charge in [-0.25, -0.2) is 4.39 Å². The second-order valence-corrected chi connectivity index (χ2v) is 5.10. The van der Waals surface area contributed by atoms with Crippen molar-refractivity contribution in [3.8, 4) is 0 Å². The molecule has 0 aromatic heterocycles. The molecule has 114 valence electrons. The molecule has 0 aliphatic heterocycles. The Morgan fingerprint density at radius 2 is 1.86 bits per heavy atom. The van der Waals surface area contributed by atoms with E-state index in [-0.39, 0.29) is 5.56 Å². The average Bonchev–Trinajstić information content (AvgIpc) is 2.46. The van der Waals surface area contributed by atoms with Gasteiger partial charge in [-0.3, -0.25) is 4.79 Å². The smallest absolute Gasteiger partial charge is 0.251 e. The summed E-state index contributed by atoms with van der Waals surface area (Å²) in [5, 5.41) is 13.9. The fourth-order valence-electron chi connectivity index (χ4n) is 1.99. The summed E-state index contributed by atoms with van der Waals surface area (Å²) in [6, 6.07) is 10.7. The molecule has 0 unspecified atom stereocenters. The van der Waals surface area contributed by atoms with Gasteiger partial charge in [-0.15, -0.1) is 0 Å². The molecule has 0 heterocycles. The lowest BCUT2D eigenvalue weighted by atomic mass is 10.0. The summed E-state index contributed by atoms with van der Waals surface area (Å²) in [5.74, 6) is -2.27. The van der Waals surface area contributed by atoms with E-state index in [0.717, 1.165) is 12.1 Å². The lowest BCUT2D eigenvalue weighted by Crippen LogP contribution is -2.34. The quantitative estimate of drug-likeness (QED) is 0.917. The standard InChI is InChI=1S/C16H13ClFNO3/c17-12-3-1-2-11(8-12)14(9-15(20)21)19-16(22)10-4-6-13(18)7-5-10/h1-8,14H,9H2,(H,19,22)(H,20,21)/p-1/t14-/m1/s1. The third kappa shape index (κ3) is 4.30. The van der Waals surface area contributed by atoms with E-state index in [2.05, 4.69) is 5.32 Å². The molecule has 0 spiro atoms. The van der Waals surface area contributed by atoms with Crippen molar-refractivity contribution in [2.45, 2.75) is 12.5 Å². The van der Waals surface area contributed by atoms with Crippen LogP contribution in [-0.2, 0) is 4.79 Å². The van der Waals surface area contributed by atoms with Crippen molar-refractivity contribution in [3.63, 3.8) is 0 Å². The first kappa shape index (κ1) is 16.0. The van der Waals surface area contributed by atoms with Crippen molar-refractivity contribution in [1.29, 1.82) is 0 Å². The largest absolute Gasteiger partial charge is 0.550 e. The van der Waals surface area contributed by atoms with E-state index in [1.807, 2.05) is 0 Å². The summed E-state index contributed by atoms with van der Waals surface area (Å²) in [6.45, 7) is 0. The molecule has 4 nitrogen and oxygen atoms in total. The van der Waals surface area contributed by atoms with Crippen molar-refractivity contribution in [3.05, 3.63) is 70.5 Å². The fraction of sp³-hybridized carbons (Fsp3) is 0.125. The summed E-state index contributed by atoms with van der Waals surface area (Å²) in [6.07, 6.45) is -0.396.